The Bertz CT molecular complexity index is 563. The van der Waals surface area contributed by atoms with E-state index in [0.717, 1.165) is 29.3 Å². The van der Waals surface area contributed by atoms with Crippen molar-refractivity contribution in [2.45, 2.75) is 32.6 Å². The average molecular weight is 227 g/mol. The van der Waals surface area contributed by atoms with E-state index in [1.54, 1.807) is 0 Å². The lowest BCUT2D eigenvalue weighted by molar-refractivity contribution is 0.0977. The van der Waals surface area contributed by atoms with Gasteiger partial charge < -0.3 is 4.98 Å². The van der Waals surface area contributed by atoms with Gasteiger partial charge in [0.15, 0.2) is 5.78 Å². The average Bonchev–Trinajstić information content (AvgIpc) is 3.04. The normalized spacial score (nSPS) is 15.4. The number of para-hydroxylation sites is 1. The minimum absolute atomic E-state index is 0.298. The minimum atomic E-state index is 0.298. The topological polar surface area (TPSA) is 32.9 Å². The number of rotatable bonds is 4. The molecule has 1 heterocycles. The van der Waals surface area contributed by atoms with Gasteiger partial charge in [0.2, 0.25) is 0 Å². The summed E-state index contributed by atoms with van der Waals surface area (Å²) in [5.74, 6) is 0.953. The first-order valence-electron chi connectivity index (χ1n) is 6.41. The Kier molecular flexibility index (Phi) is 2.50. The number of nitrogens with one attached hydrogen (secondary N) is 1. The van der Waals surface area contributed by atoms with E-state index >= 15 is 0 Å². The molecule has 0 unspecified atom stereocenters. The third-order valence-corrected chi connectivity index (χ3v) is 3.65. The summed E-state index contributed by atoms with van der Waals surface area (Å²) in [6, 6.07) is 6.21. The van der Waals surface area contributed by atoms with E-state index in [0.29, 0.717) is 11.7 Å². The zero-order valence-corrected chi connectivity index (χ0v) is 10.1. The molecule has 1 saturated carbocycles. The maximum atomic E-state index is 12.1. The van der Waals surface area contributed by atoms with Crippen molar-refractivity contribution in [3.05, 3.63) is 35.5 Å². The smallest absolute Gasteiger partial charge is 0.165 e. The summed E-state index contributed by atoms with van der Waals surface area (Å²) in [6.07, 6.45) is 6.06. The van der Waals surface area contributed by atoms with E-state index in [1.807, 2.05) is 18.3 Å². The largest absolute Gasteiger partial charge is 0.360 e. The molecule has 1 fully saturated rings. The Balaban J connectivity index is 2.01. The van der Waals surface area contributed by atoms with Crippen LogP contribution in [0, 0.1) is 5.92 Å². The molecule has 0 bridgehead atoms. The number of fused-ring (bicyclic) bond motifs is 1. The lowest BCUT2D eigenvalue weighted by Crippen LogP contribution is -1.98. The summed E-state index contributed by atoms with van der Waals surface area (Å²) in [5, 5.41) is 1.09. The third kappa shape index (κ3) is 1.88. The molecule has 0 spiro atoms. The summed E-state index contributed by atoms with van der Waals surface area (Å²) < 4.78 is 0. The van der Waals surface area contributed by atoms with Crippen LogP contribution in [0.25, 0.3) is 10.9 Å². The van der Waals surface area contributed by atoms with Gasteiger partial charge in [-0.3, -0.25) is 4.79 Å². The Morgan fingerprint density at radius 3 is 2.94 bits per heavy atom. The van der Waals surface area contributed by atoms with Crippen LogP contribution in [0.3, 0.4) is 0 Å². The highest BCUT2D eigenvalue weighted by atomic mass is 16.1. The first-order valence-corrected chi connectivity index (χ1v) is 6.41. The summed E-state index contributed by atoms with van der Waals surface area (Å²) >= 11 is 0. The number of hydrogen-bond acceptors (Lipinski definition) is 1. The van der Waals surface area contributed by atoms with E-state index in [1.165, 1.54) is 18.4 Å². The van der Waals surface area contributed by atoms with Crippen molar-refractivity contribution in [3.63, 3.8) is 0 Å². The van der Waals surface area contributed by atoms with Gasteiger partial charge in [0, 0.05) is 29.1 Å². The molecule has 88 valence electrons. The minimum Gasteiger partial charge on any atom is -0.360 e. The van der Waals surface area contributed by atoms with Crippen molar-refractivity contribution in [1.29, 1.82) is 0 Å². The molecule has 1 N–H and O–H groups in total. The van der Waals surface area contributed by atoms with Crippen molar-refractivity contribution >= 4 is 16.7 Å². The zero-order chi connectivity index (χ0) is 11.8. The summed E-state index contributed by atoms with van der Waals surface area (Å²) in [5.41, 5.74) is 3.30. The number of aromatic amines is 1. The van der Waals surface area contributed by atoms with Crippen molar-refractivity contribution in [2.75, 3.05) is 0 Å². The van der Waals surface area contributed by atoms with Crippen LogP contribution < -0.4 is 0 Å². The molecule has 3 rings (SSSR count). The Morgan fingerprint density at radius 2 is 2.24 bits per heavy atom. The molecule has 0 atom stereocenters. The van der Waals surface area contributed by atoms with Gasteiger partial charge in [0.1, 0.15) is 0 Å². The zero-order valence-electron chi connectivity index (χ0n) is 10.1. The van der Waals surface area contributed by atoms with Crippen LogP contribution in [0.1, 0.15) is 42.1 Å². The number of aromatic nitrogens is 1. The summed E-state index contributed by atoms with van der Waals surface area (Å²) in [4.78, 5) is 15.4. The number of ketones is 1. The molecular formula is C15H17NO. The van der Waals surface area contributed by atoms with Crippen LogP contribution in [-0.2, 0) is 6.42 Å². The highest BCUT2D eigenvalue weighted by Gasteiger charge is 2.26. The van der Waals surface area contributed by atoms with Crippen molar-refractivity contribution < 1.29 is 4.79 Å². The standard InChI is InChI=1S/C15H17NO/c1-2-11-4-3-5-12-13(9-16-15(11)12)14(17)8-10-6-7-10/h3-5,9-10,16H,2,6-8H2,1H3. The van der Waals surface area contributed by atoms with Gasteiger partial charge in [-0.25, -0.2) is 0 Å². The number of carbonyl (C=O) groups is 1. The molecule has 0 saturated heterocycles. The van der Waals surface area contributed by atoms with Crippen molar-refractivity contribution in [2.24, 2.45) is 5.92 Å². The molecule has 1 aromatic carbocycles. The number of aryl methyl sites for hydroxylation is 1. The molecule has 2 heteroatoms. The summed E-state index contributed by atoms with van der Waals surface area (Å²) in [6.45, 7) is 2.14. The quantitative estimate of drug-likeness (QED) is 0.793. The fourth-order valence-corrected chi connectivity index (χ4v) is 2.44. The van der Waals surface area contributed by atoms with Gasteiger partial charge in [-0.2, -0.15) is 0 Å². The number of Topliss-reactive ketones (excluding diaryl/α,β-unsaturated/α-hetero) is 1. The molecule has 2 aromatic rings. The maximum Gasteiger partial charge on any atom is 0.165 e. The van der Waals surface area contributed by atoms with Crippen LogP contribution in [0.5, 0.6) is 0 Å². The number of hydrogen-bond donors (Lipinski definition) is 1. The van der Waals surface area contributed by atoms with Gasteiger partial charge in [0.25, 0.3) is 0 Å². The van der Waals surface area contributed by atoms with E-state index in [4.69, 9.17) is 0 Å². The van der Waals surface area contributed by atoms with Gasteiger partial charge in [-0.1, -0.05) is 25.1 Å². The van der Waals surface area contributed by atoms with Crippen molar-refractivity contribution in [3.8, 4) is 0 Å². The maximum absolute atomic E-state index is 12.1. The second-order valence-electron chi connectivity index (χ2n) is 4.97. The Hall–Kier alpha value is -1.57. The second kappa shape index (κ2) is 4.02. The van der Waals surface area contributed by atoms with Gasteiger partial charge >= 0.3 is 0 Å². The predicted molar refractivity (Wildman–Crippen MR) is 69.3 cm³/mol. The van der Waals surface area contributed by atoms with Gasteiger partial charge in [-0.05, 0) is 30.7 Å². The Morgan fingerprint density at radius 1 is 1.41 bits per heavy atom. The number of benzene rings is 1. The summed E-state index contributed by atoms with van der Waals surface area (Å²) in [7, 11) is 0. The first kappa shape index (κ1) is 10.6. The first-order chi connectivity index (χ1) is 8.29. The highest BCUT2D eigenvalue weighted by molar-refractivity contribution is 6.08. The molecule has 1 aromatic heterocycles. The fourth-order valence-electron chi connectivity index (χ4n) is 2.44. The van der Waals surface area contributed by atoms with E-state index in [9.17, 15) is 4.79 Å². The molecule has 0 aliphatic heterocycles. The lowest BCUT2D eigenvalue weighted by atomic mass is 10.0. The Labute approximate surface area is 101 Å². The lowest BCUT2D eigenvalue weighted by Gasteiger charge is -2.00. The van der Waals surface area contributed by atoms with E-state index < -0.39 is 0 Å². The molecule has 17 heavy (non-hydrogen) atoms. The van der Waals surface area contributed by atoms with Crippen molar-refractivity contribution in [1.82, 2.24) is 4.98 Å². The molecule has 2 nitrogen and oxygen atoms in total. The molecule has 0 radical (unpaired) electrons. The molecule has 1 aliphatic rings. The van der Waals surface area contributed by atoms with Crippen LogP contribution >= 0.6 is 0 Å². The van der Waals surface area contributed by atoms with E-state index in [-0.39, 0.29) is 0 Å². The molecular weight excluding hydrogens is 210 g/mol. The SMILES string of the molecule is CCc1cccc2c(C(=O)CC3CC3)c[nH]c12. The molecule has 1 aliphatic carbocycles. The van der Waals surface area contributed by atoms with Crippen LogP contribution in [0.2, 0.25) is 0 Å². The highest BCUT2D eigenvalue weighted by Crippen LogP contribution is 2.34. The predicted octanol–water partition coefficient (Wildman–Crippen LogP) is 3.71. The van der Waals surface area contributed by atoms with Gasteiger partial charge in [-0.15, -0.1) is 0 Å². The fraction of sp³-hybridized carbons (Fsp3) is 0.400. The van der Waals surface area contributed by atoms with Gasteiger partial charge in [0.05, 0.1) is 0 Å². The van der Waals surface area contributed by atoms with Crippen LogP contribution in [0.4, 0.5) is 0 Å². The second-order valence-corrected chi connectivity index (χ2v) is 4.97. The van der Waals surface area contributed by atoms with E-state index in [2.05, 4.69) is 18.0 Å². The third-order valence-electron chi connectivity index (χ3n) is 3.65. The number of carbonyl (C=O) groups excluding carboxylic acids is 1. The van der Waals surface area contributed by atoms with Crippen LogP contribution in [-0.4, -0.2) is 10.8 Å². The van der Waals surface area contributed by atoms with Crippen LogP contribution in [0.15, 0.2) is 24.4 Å². The number of H-pyrrole nitrogens is 1. The monoisotopic (exact) mass is 227 g/mol. The molecule has 0 amide bonds.